The first-order valence-corrected chi connectivity index (χ1v) is 11.0. The summed E-state index contributed by atoms with van der Waals surface area (Å²) >= 11 is 10.4. The first kappa shape index (κ1) is 19.5. The van der Waals surface area contributed by atoms with Crippen molar-refractivity contribution in [2.75, 3.05) is 16.8 Å². The van der Waals surface area contributed by atoms with Crippen LogP contribution >= 0.6 is 47.8 Å². The van der Waals surface area contributed by atoms with Crippen LogP contribution in [-0.4, -0.2) is 11.9 Å². The molecule has 0 fully saturated rings. The summed E-state index contributed by atoms with van der Waals surface area (Å²) in [6.45, 7) is 0.716. The van der Waals surface area contributed by atoms with Crippen molar-refractivity contribution in [3.63, 3.8) is 0 Å². The largest absolute Gasteiger partial charge is 0.494 e. The van der Waals surface area contributed by atoms with Crippen LogP contribution in [0.25, 0.3) is 0 Å². The second kappa shape index (κ2) is 9.58. The zero-order chi connectivity index (χ0) is 18.4. The molecule has 0 N–H and O–H groups in total. The van der Waals surface area contributed by atoms with Gasteiger partial charge in [-0.1, -0.05) is 47.8 Å². The standard InChI is InChI=1S/C21H18Br3NO/c22-14-1-15-26-21-12-10-20(11-13-21)25(18-6-2-16(23)3-7-18)19-8-4-17(24)5-9-19/h2-13H,1,14-15H2. The third kappa shape index (κ3) is 5.12. The second-order valence-electron chi connectivity index (χ2n) is 5.67. The molecule has 0 heterocycles. The summed E-state index contributed by atoms with van der Waals surface area (Å²) in [5.41, 5.74) is 3.29. The number of halogens is 3. The highest BCUT2D eigenvalue weighted by Gasteiger charge is 2.12. The number of alkyl halides is 1. The molecule has 0 aliphatic rings. The van der Waals surface area contributed by atoms with E-state index in [1.54, 1.807) is 0 Å². The smallest absolute Gasteiger partial charge is 0.119 e. The lowest BCUT2D eigenvalue weighted by Gasteiger charge is -2.25. The highest BCUT2D eigenvalue weighted by atomic mass is 79.9. The maximum Gasteiger partial charge on any atom is 0.119 e. The van der Waals surface area contributed by atoms with Gasteiger partial charge in [0, 0.05) is 31.3 Å². The number of anilines is 3. The molecule has 26 heavy (non-hydrogen) atoms. The monoisotopic (exact) mass is 537 g/mol. The third-order valence-corrected chi connectivity index (χ3v) is 5.43. The minimum absolute atomic E-state index is 0.716. The first-order chi connectivity index (χ1) is 12.7. The Morgan fingerprint density at radius 2 is 1.08 bits per heavy atom. The Labute approximate surface area is 179 Å². The fourth-order valence-electron chi connectivity index (χ4n) is 2.56. The lowest BCUT2D eigenvalue weighted by molar-refractivity contribution is 0.319. The average molecular weight is 540 g/mol. The minimum atomic E-state index is 0.716. The maximum absolute atomic E-state index is 5.76. The molecule has 0 amide bonds. The van der Waals surface area contributed by atoms with Gasteiger partial charge in [-0.05, 0) is 79.2 Å². The van der Waals surface area contributed by atoms with E-state index in [4.69, 9.17) is 4.74 Å². The van der Waals surface area contributed by atoms with E-state index in [0.29, 0.717) is 6.61 Å². The number of hydrogen-bond acceptors (Lipinski definition) is 2. The molecular weight excluding hydrogens is 522 g/mol. The van der Waals surface area contributed by atoms with Gasteiger partial charge in [-0.15, -0.1) is 0 Å². The summed E-state index contributed by atoms with van der Waals surface area (Å²) in [5, 5.41) is 0.950. The minimum Gasteiger partial charge on any atom is -0.494 e. The van der Waals surface area contributed by atoms with Crippen LogP contribution in [0, 0.1) is 0 Å². The summed E-state index contributed by atoms with van der Waals surface area (Å²) in [6, 6.07) is 24.9. The van der Waals surface area contributed by atoms with Gasteiger partial charge in [-0.2, -0.15) is 0 Å². The predicted octanol–water partition coefficient (Wildman–Crippen LogP) is 7.85. The quantitative estimate of drug-likeness (QED) is 0.224. The topological polar surface area (TPSA) is 12.5 Å². The molecule has 3 rings (SSSR count). The van der Waals surface area contributed by atoms with Gasteiger partial charge in [-0.25, -0.2) is 0 Å². The molecule has 3 aromatic rings. The number of nitrogens with zero attached hydrogens (tertiary/aromatic N) is 1. The van der Waals surface area contributed by atoms with Crippen molar-refractivity contribution in [3.8, 4) is 5.75 Å². The summed E-state index contributed by atoms with van der Waals surface area (Å²) in [6.07, 6.45) is 0.992. The van der Waals surface area contributed by atoms with Gasteiger partial charge in [0.15, 0.2) is 0 Å². The Morgan fingerprint density at radius 3 is 1.50 bits per heavy atom. The molecule has 0 radical (unpaired) electrons. The summed E-state index contributed by atoms with van der Waals surface area (Å²) in [7, 11) is 0. The van der Waals surface area contributed by atoms with E-state index < -0.39 is 0 Å². The van der Waals surface area contributed by atoms with Crippen LogP contribution in [0.15, 0.2) is 81.7 Å². The average Bonchev–Trinajstić information content (AvgIpc) is 2.66. The van der Waals surface area contributed by atoms with Gasteiger partial charge in [0.2, 0.25) is 0 Å². The molecule has 0 aliphatic heterocycles. The van der Waals surface area contributed by atoms with Crippen molar-refractivity contribution in [1.29, 1.82) is 0 Å². The third-order valence-electron chi connectivity index (χ3n) is 3.81. The van der Waals surface area contributed by atoms with Crippen LogP contribution < -0.4 is 9.64 Å². The summed E-state index contributed by atoms with van der Waals surface area (Å²) < 4.78 is 7.89. The SMILES string of the molecule is BrCCCOc1ccc(N(c2ccc(Br)cc2)c2ccc(Br)cc2)cc1. The molecule has 0 bridgehead atoms. The van der Waals surface area contributed by atoms with Gasteiger partial charge in [0.05, 0.1) is 6.61 Å². The van der Waals surface area contributed by atoms with E-state index in [-0.39, 0.29) is 0 Å². The van der Waals surface area contributed by atoms with Crippen molar-refractivity contribution in [1.82, 2.24) is 0 Å². The fourth-order valence-corrected chi connectivity index (χ4v) is 3.32. The van der Waals surface area contributed by atoms with Crippen LogP contribution in [0.4, 0.5) is 17.1 Å². The summed E-state index contributed by atoms with van der Waals surface area (Å²) in [5.74, 6) is 0.890. The lowest BCUT2D eigenvalue weighted by Crippen LogP contribution is -2.09. The Hall–Kier alpha value is -1.30. The van der Waals surface area contributed by atoms with Crippen molar-refractivity contribution in [2.45, 2.75) is 6.42 Å². The fraction of sp³-hybridized carbons (Fsp3) is 0.143. The lowest BCUT2D eigenvalue weighted by atomic mass is 10.2. The highest BCUT2D eigenvalue weighted by Crippen LogP contribution is 2.36. The molecular formula is C21H18Br3NO. The van der Waals surface area contributed by atoms with Crippen LogP contribution in [0.2, 0.25) is 0 Å². The molecule has 5 heteroatoms. The Balaban J connectivity index is 1.92. The van der Waals surface area contributed by atoms with Gasteiger partial charge in [-0.3, -0.25) is 0 Å². The highest BCUT2D eigenvalue weighted by molar-refractivity contribution is 9.10. The molecule has 0 saturated heterocycles. The van der Waals surface area contributed by atoms with Gasteiger partial charge < -0.3 is 9.64 Å². The van der Waals surface area contributed by atoms with Crippen molar-refractivity contribution in [3.05, 3.63) is 81.7 Å². The van der Waals surface area contributed by atoms with E-state index in [1.165, 1.54) is 0 Å². The number of hydrogen-bond donors (Lipinski definition) is 0. The molecule has 0 atom stereocenters. The van der Waals surface area contributed by atoms with Crippen molar-refractivity contribution >= 4 is 64.9 Å². The van der Waals surface area contributed by atoms with Crippen LogP contribution in [-0.2, 0) is 0 Å². The van der Waals surface area contributed by atoms with Gasteiger partial charge >= 0.3 is 0 Å². The van der Waals surface area contributed by atoms with E-state index in [0.717, 1.165) is 43.5 Å². The Morgan fingerprint density at radius 1 is 0.654 bits per heavy atom. The van der Waals surface area contributed by atoms with Crippen LogP contribution in [0.3, 0.4) is 0 Å². The zero-order valence-electron chi connectivity index (χ0n) is 14.0. The van der Waals surface area contributed by atoms with Crippen molar-refractivity contribution in [2.24, 2.45) is 0 Å². The number of rotatable bonds is 7. The first-order valence-electron chi connectivity index (χ1n) is 8.27. The Bertz CT molecular complexity index is 772. The molecule has 0 saturated carbocycles. The molecule has 134 valence electrons. The van der Waals surface area contributed by atoms with E-state index in [2.05, 4.69) is 113 Å². The van der Waals surface area contributed by atoms with Crippen LogP contribution in [0.5, 0.6) is 5.75 Å². The number of ether oxygens (including phenoxy) is 1. The molecule has 0 spiro atoms. The van der Waals surface area contributed by atoms with E-state index in [1.807, 2.05) is 12.1 Å². The van der Waals surface area contributed by atoms with Crippen molar-refractivity contribution < 1.29 is 4.74 Å². The second-order valence-corrected chi connectivity index (χ2v) is 8.30. The van der Waals surface area contributed by atoms with Crippen LogP contribution in [0.1, 0.15) is 6.42 Å². The Kier molecular flexibility index (Phi) is 7.17. The molecule has 3 aromatic carbocycles. The zero-order valence-corrected chi connectivity index (χ0v) is 18.8. The maximum atomic E-state index is 5.76. The van der Waals surface area contributed by atoms with Gasteiger partial charge in [0.1, 0.15) is 5.75 Å². The molecule has 0 aliphatic carbocycles. The predicted molar refractivity (Wildman–Crippen MR) is 120 cm³/mol. The molecule has 0 aromatic heterocycles. The number of benzene rings is 3. The molecule has 2 nitrogen and oxygen atoms in total. The summed E-state index contributed by atoms with van der Waals surface area (Å²) in [4.78, 5) is 2.22. The normalized spacial score (nSPS) is 10.6. The van der Waals surface area contributed by atoms with Gasteiger partial charge in [0.25, 0.3) is 0 Å². The van der Waals surface area contributed by atoms with E-state index >= 15 is 0 Å². The van der Waals surface area contributed by atoms with E-state index in [9.17, 15) is 0 Å². The molecule has 0 unspecified atom stereocenters.